The summed E-state index contributed by atoms with van der Waals surface area (Å²) in [5.41, 5.74) is 9.95. The molecule has 196 valence electrons. The van der Waals surface area contributed by atoms with Crippen LogP contribution in [-0.2, 0) is 12.8 Å². The fourth-order valence-electron chi connectivity index (χ4n) is 4.24. The topological polar surface area (TPSA) is 107 Å². The molecule has 2 amide bonds. The molecular formula is C28H25Cl2FN4O3. The van der Waals surface area contributed by atoms with E-state index in [9.17, 15) is 14.0 Å². The average molecular weight is 555 g/mol. The van der Waals surface area contributed by atoms with E-state index in [1.165, 1.54) is 19.2 Å². The highest BCUT2D eigenvalue weighted by atomic mass is 35.5. The van der Waals surface area contributed by atoms with Crippen LogP contribution in [0.5, 0.6) is 5.75 Å². The smallest absolute Gasteiger partial charge is 0.251 e. The molecule has 2 aromatic carbocycles. The average Bonchev–Trinajstić information content (AvgIpc) is 2.89. The lowest BCUT2D eigenvalue weighted by molar-refractivity contribution is 0.0952. The van der Waals surface area contributed by atoms with Gasteiger partial charge in [-0.05, 0) is 66.9 Å². The maximum atomic E-state index is 13.8. The summed E-state index contributed by atoms with van der Waals surface area (Å²) in [7, 11) is 1.50. The van der Waals surface area contributed by atoms with Crippen LogP contribution in [0.3, 0.4) is 0 Å². The van der Waals surface area contributed by atoms with E-state index < -0.39 is 11.7 Å². The Bertz CT molecular complexity index is 1580. The van der Waals surface area contributed by atoms with Crippen LogP contribution < -0.4 is 15.8 Å². The summed E-state index contributed by atoms with van der Waals surface area (Å²) in [6.45, 7) is 3.94. The highest BCUT2D eigenvalue weighted by molar-refractivity contribution is 6.31. The first-order chi connectivity index (χ1) is 18.1. The van der Waals surface area contributed by atoms with E-state index in [-0.39, 0.29) is 17.5 Å². The number of hydrogen-bond donors (Lipinski definition) is 2. The third-order valence-corrected chi connectivity index (χ3v) is 6.82. The molecule has 4 aromatic rings. The van der Waals surface area contributed by atoms with Gasteiger partial charge < -0.3 is 15.8 Å². The summed E-state index contributed by atoms with van der Waals surface area (Å²) in [4.78, 5) is 34.3. The molecule has 0 bridgehead atoms. The van der Waals surface area contributed by atoms with Gasteiger partial charge in [-0.3, -0.25) is 14.6 Å². The van der Waals surface area contributed by atoms with Gasteiger partial charge in [-0.15, -0.1) is 0 Å². The van der Waals surface area contributed by atoms with Crippen LogP contribution >= 0.6 is 23.2 Å². The van der Waals surface area contributed by atoms with Crippen molar-refractivity contribution in [2.75, 3.05) is 13.7 Å². The monoisotopic (exact) mass is 554 g/mol. The molecule has 0 aliphatic rings. The number of nitrogens with two attached hydrogens (primary N) is 1. The SMILES string of the molecule is CCc1c(C(N)=O)cc(CCNC(=O)c2cc(OC)c3nc(Cl)c(C)cc3c2)nc1-c1ccc(F)c(Cl)c1. The number of amides is 2. The lowest BCUT2D eigenvalue weighted by Crippen LogP contribution is -2.26. The molecule has 10 heteroatoms. The van der Waals surface area contributed by atoms with Gasteiger partial charge in [0.25, 0.3) is 5.91 Å². The van der Waals surface area contributed by atoms with Gasteiger partial charge in [0.1, 0.15) is 22.2 Å². The van der Waals surface area contributed by atoms with E-state index >= 15 is 0 Å². The molecule has 3 N–H and O–H groups in total. The Kier molecular flexibility index (Phi) is 8.14. The van der Waals surface area contributed by atoms with E-state index in [0.717, 1.165) is 10.9 Å². The number of methoxy groups -OCH3 is 1. The number of rotatable bonds is 8. The number of primary amides is 1. The molecule has 0 atom stereocenters. The number of nitrogens with one attached hydrogen (secondary N) is 1. The molecule has 0 unspecified atom stereocenters. The first-order valence-corrected chi connectivity index (χ1v) is 12.6. The summed E-state index contributed by atoms with van der Waals surface area (Å²) in [6, 6.07) is 11.1. The molecular weight excluding hydrogens is 530 g/mol. The van der Waals surface area contributed by atoms with Gasteiger partial charge >= 0.3 is 0 Å². The van der Waals surface area contributed by atoms with Crippen molar-refractivity contribution in [3.05, 3.63) is 86.4 Å². The number of carbonyl (C=O) groups is 2. The van der Waals surface area contributed by atoms with Crippen LogP contribution in [0.4, 0.5) is 4.39 Å². The lowest BCUT2D eigenvalue weighted by atomic mass is 9.97. The van der Waals surface area contributed by atoms with Gasteiger partial charge in [-0.2, -0.15) is 0 Å². The fourth-order valence-corrected chi connectivity index (χ4v) is 4.56. The number of aromatic nitrogens is 2. The van der Waals surface area contributed by atoms with Crippen molar-refractivity contribution in [1.82, 2.24) is 15.3 Å². The van der Waals surface area contributed by atoms with Crippen molar-refractivity contribution in [1.29, 1.82) is 0 Å². The van der Waals surface area contributed by atoms with Crippen molar-refractivity contribution in [3.8, 4) is 17.0 Å². The van der Waals surface area contributed by atoms with Gasteiger partial charge in [-0.1, -0.05) is 30.1 Å². The molecule has 0 saturated heterocycles. The summed E-state index contributed by atoms with van der Waals surface area (Å²) >= 11 is 12.1. The van der Waals surface area contributed by atoms with Gasteiger partial charge in [0.2, 0.25) is 5.91 Å². The maximum Gasteiger partial charge on any atom is 0.251 e. The van der Waals surface area contributed by atoms with Crippen LogP contribution in [0, 0.1) is 12.7 Å². The van der Waals surface area contributed by atoms with Crippen molar-refractivity contribution in [2.24, 2.45) is 5.73 Å². The Balaban J connectivity index is 1.60. The minimum Gasteiger partial charge on any atom is -0.494 e. The van der Waals surface area contributed by atoms with E-state index in [2.05, 4.69) is 10.3 Å². The minimum absolute atomic E-state index is 0.0527. The van der Waals surface area contributed by atoms with E-state index in [1.54, 1.807) is 24.3 Å². The second kappa shape index (κ2) is 11.3. The molecule has 4 rings (SSSR count). The molecule has 2 aromatic heterocycles. The van der Waals surface area contributed by atoms with Crippen molar-refractivity contribution >= 4 is 45.9 Å². The Morgan fingerprint density at radius 2 is 1.87 bits per heavy atom. The minimum atomic E-state index is -0.601. The van der Waals surface area contributed by atoms with Crippen molar-refractivity contribution in [2.45, 2.75) is 26.7 Å². The van der Waals surface area contributed by atoms with Gasteiger partial charge in [0.05, 0.1) is 17.8 Å². The fraction of sp³-hybridized carbons (Fsp3) is 0.214. The highest BCUT2D eigenvalue weighted by Gasteiger charge is 2.18. The summed E-state index contributed by atoms with van der Waals surface area (Å²) < 4.78 is 19.2. The molecule has 0 fully saturated rings. The molecule has 0 aliphatic heterocycles. The molecule has 2 heterocycles. The second-order valence-electron chi connectivity index (χ2n) is 8.69. The number of pyridine rings is 2. The highest BCUT2D eigenvalue weighted by Crippen LogP contribution is 2.30. The zero-order valence-corrected chi connectivity index (χ0v) is 22.5. The summed E-state index contributed by atoms with van der Waals surface area (Å²) in [6.07, 6.45) is 0.800. The predicted molar refractivity (Wildman–Crippen MR) is 147 cm³/mol. The third-order valence-electron chi connectivity index (χ3n) is 6.15. The quantitative estimate of drug-likeness (QED) is 0.272. The molecule has 0 radical (unpaired) electrons. The maximum absolute atomic E-state index is 13.8. The largest absolute Gasteiger partial charge is 0.494 e. The second-order valence-corrected chi connectivity index (χ2v) is 9.45. The normalized spacial score (nSPS) is 11.0. The lowest BCUT2D eigenvalue weighted by Gasteiger charge is -2.15. The molecule has 0 spiro atoms. The number of fused-ring (bicyclic) bond motifs is 1. The summed E-state index contributed by atoms with van der Waals surface area (Å²) in [5, 5.41) is 3.91. The van der Waals surface area contributed by atoms with Crippen molar-refractivity contribution < 1.29 is 18.7 Å². The van der Waals surface area contributed by atoms with E-state index in [4.69, 9.17) is 38.7 Å². The Morgan fingerprint density at radius 3 is 2.53 bits per heavy atom. The Hall–Kier alpha value is -3.75. The standard InChI is InChI=1S/C28H25Cl2FN4O3/c1-4-19-20(27(32)36)13-18(34-24(19)15-5-6-22(31)21(29)11-15)7-8-33-28(37)17-10-16-9-14(2)26(30)35-25(16)23(12-17)38-3/h5-6,9-13H,4,7-8H2,1-3H3,(H2,32,36)(H,33,37). The molecule has 0 aliphatic carbocycles. The molecule has 38 heavy (non-hydrogen) atoms. The van der Waals surface area contributed by atoms with Gasteiger partial charge in [0.15, 0.2) is 0 Å². The zero-order chi connectivity index (χ0) is 27.6. The summed E-state index contributed by atoms with van der Waals surface area (Å²) in [5.74, 6) is -1.04. The number of ether oxygens (including phenoxy) is 1. The predicted octanol–water partition coefficient (Wildman–Crippen LogP) is 5.69. The van der Waals surface area contributed by atoms with Crippen LogP contribution in [0.25, 0.3) is 22.2 Å². The van der Waals surface area contributed by atoms with E-state index in [0.29, 0.717) is 62.9 Å². The number of nitrogens with zero attached hydrogens (tertiary/aromatic N) is 2. The number of benzene rings is 2. The molecule has 7 nitrogen and oxygen atoms in total. The van der Waals surface area contributed by atoms with Gasteiger partial charge in [-0.25, -0.2) is 9.37 Å². The van der Waals surface area contributed by atoms with Crippen molar-refractivity contribution in [3.63, 3.8) is 0 Å². The molecule has 0 saturated carbocycles. The van der Waals surface area contributed by atoms with Crippen LogP contribution in [0.1, 0.15) is 44.5 Å². The number of carbonyl (C=O) groups excluding carboxylic acids is 2. The Morgan fingerprint density at radius 1 is 1.11 bits per heavy atom. The van der Waals surface area contributed by atoms with Crippen LogP contribution in [-0.4, -0.2) is 35.4 Å². The first kappa shape index (κ1) is 27.3. The zero-order valence-electron chi connectivity index (χ0n) is 21.0. The van der Waals surface area contributed by atoms with Crippen LogP contribution in [0.2, 0.25) is 10.2 Å². The van der Waals surface area contributed by atoms with E-state index in [1.807, 2.05) is 19.9 Å². The third kappa shape index (κ3) is 5.56. The van der Waals surface area contributed by atoms with Gasteiger partial charge in [0, 0.05) is 40.7 Å². The number of hydrogen-bond acceptors (Lipinski definition) is 5. The van der Waals surface area contributed by atoms with Crippen LogP contribution in [0.15, 0.2) is 42.5 Å². The number of halogens is 3. The number of aryl methyl sites for hydroxylation is 1. The Labute approximate surface area is 229 Å². The first-order valence-electron chi connectivity index (χ1n) is 11.8.